The number of hydrogen-bond donors (Lipinski definition) is 3. The monoisotopic (exact) mass is 405 g/mol. The molecule has 1 atom stereocenters. The summed E-state index contributed by atoms with van der Waals surface area (Å²) in [5, 5.41) is 11.2. The summed E-state index contributed by atoms with van der Waals surface area (Å²) in [6, 6.07) is 2.72. The third-order valence-electron chi connectivity index (χ3n) is 4.22. The number of phenols is 1. The predicted octanol–water partition coefficient (Wildman–Crippen LogP) is 4.57. The van der Waals surface area contributed by atoms with E-state index < -0.39 is 0 Å². The predicted molar refractivity (Wildman–Crippen MR) is 105 cm³/mol. The van der Waals surface area contributed by atoms with Crippen LogP contribution in [0.25, 0.3) is 0 Å². The number of benzene rings is 1. The highest BCUT2D eigenvalue weighted by Crippen LogP contribution is 2.41. The SMILES string of the molecule is CC(C)(C)SNC(c1cc(Cl)c(Cl)cc1O)C1CCN(C(N)=O)CC1. The van der Waals surface area contributed by atoms with Crippen LogP contribution in [0, 0.1) is 5.92 Å². The smallest absolute Gasteiger partial charge is 0.314 e. The van der Waals surface area contributed by atoms with Gasteiger partial charge in [0.2, 0.25) is 0 Å². The van der Waals surface area contributed by atoms with Crippen LogP contribution in [-0.4, -0.2) is 33.9 Å². The van der Waals surface area contributed by atoms with Crippen molar-refractivity contribution in [1.82, 2.24) is 9.62 Å². The number of carbonyl (C=O) groups excluding carboxylic acids is 1. The number of rotatable bonds is 4. The van der Waals surface area contributed by atoms with E-state index in [-0.39, 0.29) is 28.5 Å². The van der Waals surface area contributed by atoms with Gasteiger partial charge in [0.05, 0.1) is 10.0 Å². The van der Waals surface area contributed by atoms with Crippen LogP contribution in [0.5, 0.6) is 5.75 Å². The van der Waals surface area contributed by atoms with Crippen LogP contribution < -0.4 is 10.5 Å². The molecule has 5 nitrogen and oxygen atoms in total. The van der Waals surface area contributed by atoms with Crippen LogP contribution in [0.1, 0.15) is 45.2 Å². The first-order valence-corrected chi connectivity index (χ1v) is 9.81. The summed E-state index contributed by atoms with van der Waals surface area (Å²) in [4.78, 5) is 13.0. The molecule has 140 valence electrons. The number of nitrogens with two attached hydrogens (primary N) is 1. The molecule has 1 aromatic carbocycles. The van der Waals surface area contributed by atoms with Gasteiger partial charge in [0, 0.05) is 35.5 Å². The molecule has 0 bridgehead atoms. The molecule has 0 aliphatic carbocycles. The Kier molecular flexibility index (Phi) is 6.76. The summed E-state index contributed by atoms with van der Waals surface area (Å²) in [6.07, 6.45) is 1.59. The van der Waals surface area contributed by atoms with Gasteiger partial charge in [0.1, 0.15) is 5.75 Å². The molecular formula is C17H25Cl2N3O2S. The van der Waals surface area contributed by atoms with Gasteiger partial charge < -0.3 is 15.7 Å². The molecule has 8 heteroatoms. The highest BCUT2D eigenvalue weighted by atomic mass is 35.5. The van der Waals surface area contributed by atoms with E-state index in [2.05, 4.69) is 25.5 Å². The molecule has 1 fully saturated rings. The van der Waals surface area contributed by atoms with E-state index in [0.29, 0.717) is 23.1 Å². The Hall–Kier alpha value is -0.820. The maximum absolute atomic E-state index is 11.4. The Morgan fingerprint density at radius 2 is 1.88 bits per heavy atom. The molecule has 4 N–H and O–H groups in total. The number of primary amides is 1. The van der Waals surface area contributed by atoms with Crippen molar-refractivity contribution in [2.24, 2.45) is 11.7 Å². The van der Waals surface area contributed by atoms with E-state index in [1.807, 2.05) is 0 Å². The maximum Gasteiger partial charge on any atom is 0.314 e. The molecule has 0 saturated carbocycles. The van der Waals surface area contributed by atoms with Crippen molar-refractivity contribution in [2.45, 2.75) is 44.4 Å². The number of nitrogens with one attached hydrogen (secondary N) is 1. The van der Waals surface area contributed by atoms with Crippen LogP contribution >= 0.6 is 35.1 Å². The highest BCUT2D eigenvalue weighted by molar-refractivity contribution is 7.98. The minimum Gasteiger partial charge on any atom is -0.508 e. The van der Waals surface area contributed by atoms with Gasteiger partial charge in [-0.05, 0) is 45.6 Å². The number of phenolic OH excluding ortho intramolecular Hbond substituents is 1. The van der Waals surface area contributed by atoms with Crippen molar-refractivity contribution >= 4 is 41.2 Å². The quantitative estimate of drug-likeness (QED) is 0.641. The second-order valence-corrected chi connectivity index (χ2v) is 9.78. The zero-order valence-corrected chi connectivity index (χ0v) is 17.0. The molecule has 0 aromatic heterocycles. The van der Waals surface area contributed by atoms with E-state index in [1.54, 1.807) is 22.9 Å². The van der Waals surface area contributed by atoms with Crippen molar-refractivity contribution in [3.05, 3.63) is 27.7 Å². The number of urea groups is 1. The average molecular weight is 406 g/mol. The molecule has 0 radical (unpaired) electrons. The molecule has 2 amide bonds. The summed E-state index contributed by atoms with van der Waals surface area (Å²) >= 11 is 13.8. The first-order chi connectivity index (χ1) is 11.6. The third-order valence-corrected chi connectivity index (χ3v) is 5.93. The number of amides is 2. The topological polar surface area (TPSA) is 78.6 Å². The van der Waals surface area contributed by atoms with Gasteiger partial charge in [0.25, 0.3) is 0 Å². The molecule has 1 aromatic rings. The molecule has 2 rings (SSSR count). The second-order valence-electron chi connectivity index (χ2n) is 7.30. The minimum absolute atomic E-state index is 0.0119. The average Bonchev–Trinajstić information content (AvgIpc) is 2.51. The summed E-state index contributed by atoms with van der Waals surface area (Å²) in [5.41, 5.74) is 6.10. The van der Waals surface area contributed by atoms with Crippen molar-refractivity contribution in [3.63, 3.8) is 0 Å². The standard InChI is InChI=1S/C17H25Cl2N3O2S/c1-17(2,3)25-21-15(10-4-6-22(7-5-10)16(20)24)11-8-12(18)13(19)9-14(11)23/h8-10,15,21,23H,4-7H2,1-3H3,(H2,20,24). The van der Waals surface area contributed by atoms with Crippen molar-refractivity contribution < 1.29 is 9.90 Å². The Morgan fingerprint density at radius 1 is 1.32 bits per heavy atom. The van der Waals surface area contributed by atoms with E-state index >= 15 is 0 Å². The fraction of sp³-hybridized carbons (Fsp3) is 0.588. The molecule has 25 heavy (non-hydrogen) atoms. The molecular weight excluding hydrogens is 381 g/mol. The van der Waals surface area contributed by atoms with Gasteiger partial charge in [-0.15, -0.1) is 0 Å². The third kappa shape index (κ3) is 5.58. The minimum atomic E-state index is -0.385. The zero-order valence-electron chi connectivity index (χ0n) is 14.7. The summed E-state index contributed by atoms with van der Waals surface area (Å²) in [7, 11) is 0. The number of hydrogen-bond acceptors (Lipinski definition) is 4. The Morgan fingerprint density at radius 3 is 2.40 bits per heavy atom. The first-order valence-electron chi connectivity index (χ1n) is 8.24. The molecule has 0 spiro atoms. The van der Waals surface area contributed by atoms with Crippen LogP contribution in [0.15, 0.2) is 12.1 Å². The summed E-state index contributed by atoms with van der Waals surface area (Å²) < 4.78 is 3.51. The second kappa shape index (κ2) is 8.25. The summed E-state index contributed by atoms with van der Waals surface area (Å²) in [5.74, 6) is 0.368. The van der Waals surface area contributed by atoms with Gasteiger partial charge in [-0.1, -0.05) is 35.1 Å². The number of aromatic hydroxyl groups is 1. The van der Waals surface area contributed by atoms with Crippen molar-refractivity contribution in [2.75, 3.05) is 13.1 Å². The van der Waals surface area contributed by atoms with Gasteiger partial charge >= 0.3 is 6.03 Å². The van der Waals surface area contributed by atoms with Gasteiger partial charge in [-0.3, -0.25) is 4.72 Å². The lowest BCUT2D eigenvalue weighted by molar-refractivity contribution is 0.168. The van der Waals surface area contributed by atoms with Crippen molar-refractivity contribution in [3.8, 4) is 5.75 Å². The Bertz CT molecular complexity index is 629. The lowest BCUT2D eigenvalue weighted by Crippen LogP contribution is -2.43. The first kappa shape index (κ1) is 20.5. The van der Waals surface area contributed by atoms with Crippen LogP contribution in [0.4, 0.5) is 4.79 Å². The molecule has 1 aliphatic rings. The van der Waals surface area contributed by atoms with Crippen molar-refractivity contribution in [1.29, 1.82) is 0 Å². The number of nitrogens with zero attached hydrogens (tertiary/aromatic N) is 1. The number of halogens is 2. The van der Waals surface area contributed by atoms with Gasteiger partial charge in [-0.25, -0.2) is 4.79 Å². The summed E-state index contributed by atoms with van der Waals surface area (Å²) in [6.45, 7) is 7.57. The lowest BCUT2D eigenvalue weighted by Gasteiger charge is -2.37. The van der Waals surface area contributed by atoms with Crippen LogP contribution in [0.3, 0.4) is 0 Å². The van der Waals surface area contributed by atoms with E-state index in [4.69, 9.17) is 28.9 Å². The number of piperidine rings is 1. The fourth-order valence-electron chi connectivity index (χ4n) is 2.91. The van der Waals surface area contributed by atoms with Crippen LogP contribution in [0.2, 0.25) is 10.0 Å². The van der Waals surface area contributed by atoms with Crippen LogP contribution in [-0.2, 0) is 0 Å². The fourth-order valence-corrected chi connectivity index (χ4v) is 4.04. The Balaban J connectivity index is 2.25. The maximum atomic E-state index is 11.4. The largest absolute Gasteiger partial charge is 0.508 e. The Labute approximate surface area is 163 Å². The zero-order chi connectivity index (χ0) is 18.8. The van der Waals surface area contributed by atoms with Gasteiger partial charge in [0.15, 0.2) is 0 Å². The molecule has 1 heterocycles. The highest BCUT2D eigenvalue weighted by Gasteiger charge is 2.31. The molecule has 1 saturated heterocycles. The lowest BCUT2D eigenvalue weighted by atomic mass is 9.85. The number of likely N-dealkylation sites (tertiary alicyclic amines) is 1. The van der Waals surface area contributed by atoms with Gasteiger partial charge in [-0.2, -0.15) is 0 Å². The normalized spacial score (nSPS) is 17.6. The number of carbonyl (C=O) groups is 1. The van der Waals surface area contributed by atoms with E-state index in [9.17, 15) is 9.90 Å². The van der Waals surface area contributed by atoms with E-state index in [0.717, 1.165) is 18.4 Å². The molecule has 1 unspecified atom stereocenters. The molecule has 1 aliphatic heterocycles. The van der Waals surface area contributed by atoms with E-state index in [1.165, 1.54) is 6.07 Å².